The van der Waals surface area contributed by atoms with Gasteiger partial charge in [0.15, 0.2) is 18.1 Å². The summed E-state index contributed by atoms with van der Waals surface area (Å²) in [6.45, 7) is 4.83. The maximum Gasteiger partial charge on any atom is 0.260 e. The molecule has 2 aromatic carbocycles. The fourth-order valence-corrected chi connectivity index (χ4v) is 3.55. The summed E-state index contributed by atoms with van der Waals surface area (Å²) in [6, 6.07) is 17.4. The molecular formula is C24H30N2O4. The minimum absolute atomic E-state index is 0.0357. The Morgan fingerprint density at radius 1 is 0.800 bits per heavy atom. The van der Waals surface area contributed by atoms with Crippen LogP contribution in [0, 0.1) is 0 Å². The smallest absolute Gasteiger partial charge is 0.260 e. The Balaban J connectivity index is 1.46. The molecule has 0 radical (unpaired) electrons. The molecule has 1 aliphatic heterocycles. The molecule has 0 spiro atoms. The summed E-state index contributed by atoms with van der Waals surface area (Å²) in [7, 11) is 0. The fourth-order valence-electron chi connectivity index (χ4n) is 3.55. The molecule has 3 rings (SSSR count). The van der Waals surface area contributed by atoms with Gasteiger partial charge in [0.05, 0.1) is 6.61 Å². The Kier molecular flexibility index (Phi) is 8.12. The van der Waals surface area contributed by atoms with Gasteiger partial charge in [0.2, 0.25) is 5.91 Å². The lowest BCUT2D eigenvalue weighted by molar-refractivity contribution is -0.134. The van der Waals surface area contributed by atoms with Gasteiger partial charge in [-0.2, -0.15) is 0 Å². The SMILES string of the molecule is CCOc1ccccc1OCC(=O)N1CCCN(C(=O)CCc2ccccc2)CC1. The average Bonchev–Trinajstić information content (AvgIpc) is 3.04. The number of hydrogen-bond donors (Lipinski definition) is 0. The number of hydrogen-bond acceptors (Lipinski definition) is 4. The summed E-state index contributed by atoms with van der Waals surface area (Å²) in [5.74, 6) is 1.29. The van der Waals surface area contributed by atoms with E-state index in [1.54, 1.807) is 11.0 Å². The van der Waals surface area contributed by atoms with Crippen molar-refractivity contribution in [3.05, 3.63) is 60.2 Å². The third kappa shape index (κ3) is 6.24. The molecule has 0 aromatic heterocycles. The van der Waals surface area contributed by atoms with Crippen LogP contribution in [0.15, 0.2) is 54.6 Å². The first-order chi connectivity index (χ1) is 14.7. The Morgan fingerprint density at radius 3 is 2.07 bits per heavy atom. The number of ether oxygens (including phenoxy) is 2. The number of rotatable bonds is 8. The molecule has 1 heterocycles. The van der Waals surface area contributed by atoms with Crippen molar-refractivity contribution in [1.29, 1.82) is 0 Å². The van der Waals surface area contributed by atoms with Gasteiger partial charge in [0.25, 0.3) is 5.91 Å². The highest BCUT2D eigenvalue weighted by Crippen LogP contribution is 2.26. The molecule has 2 amide bonds. The standard InChI is InChI=1S/C24H30N2O4/c1-2-29-21-11-6-7-12-22(21)30-19-24(28)26-16-8-15-25(17-18-26)23(27)14-13-20-9-4-3-5-10-20/h3-7,9-12H,2,8,13-19H2,1H3. The molecule has 0 saturated carbocycles. The minimum Gasteiger partial charge on any atom is -0.490 e. The average molecular weight is 411 g/mol. The number of para-hydroxylation sites is 2. The molecule has 0 atom stereocenters. The van der Waals surface area contributed by atoms with Crippen molar-refractivity contribution < 1.29 is 19.1 Å². The second-order valence-corrected chi connectivity index (χ2v) is 7.27. The van der Waals surface area contributed by atoms with Crippen LogP contribution in [0.5, 0.6) is 11.5 Å². The molecule has 1 fully saturated rings. The van der Waals surface area contributed by atoms with Crippen LogP contribution in [0.1, 0.15) is 25.3 Å². The zero-order valence-electron chi connectivity index (χ0n) is 17.6. The van der Waals surface area contributed by atoms with Gasteiger partial charge in [-0.05, 0) is 37.5 Å². The van der Waals surface area contributed by atoms with Crippen molar-refractivity contribution in [2.75, 3.05) is 39.4 Å². The molecule has 0 N–H and O–H groups in total. The first-order valence-corrected chi connectivity index (χ1v) is 10.6. The van der Waals surface area contributed by atoms with Crippen molar-refractivity contribution in [2.24, 2.45) is 0 Å². The topological polar surface area (TPSA) is 59.1 Å². The first-order valence-electron chi connectivity index (χ1n) is 10.6. The van der Waals surface area contributed by atoms with Crippen molar-refractivity contribution in [1.82, 2.24) is 9.80 Å². The number of benzene rings is 2. The van der Waals surface area contributed by atoms with Gasteiger partial charge < -0.3 is 19.3 Å². The highest BCUT2D eigenvalue weighted by atomic mass is 16.5. The van der Waals surface area contributed by atoms with Gasteiger partial charge in [-0.25, -0.2) is 0 Å². The van der Waals surface area contributed by atoms with E-state index in [1.807, 2.05) is 60.4 Å². The van der Waals surface area contributed by atoms with Crippen LogP contribution in [0.2, 0.25) is 0 Å². The van der Waals surface area contributed by atoms with Crippen LogP contribution >= 0.6 is 0 Å². The van der Waals surface area contributed by atoms with Crippen molar-refractivity contribution in [3.8, 4) is 11.5 Å². The molecule has 0 aliphatic carbocycles. The van der Waals surface area contributed by atoms with Crippen molar-refractivity contribution in [3.63, 3.8) is 0 Å². The largest absolute Gasteiger partial charge is 0.490 e. The molecule has 1 aliphatic rings. The van der Waals surface area contributed by atoms with E-state index in [0.717, 1.165) is 12.8 Å². The van der Waals surface area contributed by atoms with Crippen LogP contribution in [-0.4, -0.2) is 61.0 Å². The summed E-state index contributed by atoms with van der Waals surface area (Å²) in [4.78, 5) is 28.9. The van der Waals surface area contributed by atoms with Crippen LogP contribution < -0.4 is 9.47 Å². The second-order valence-electron chi connectivity index (χ2n) is 7.27. The van der Waals surface area contributed by atoms with Gasteiger partial charge in [0.1, 0.15) is 0 Å². The van der Waals surface area contributed by atoms with Gasteiger partial charge >= 0.3 is 0 Å². The number of aryl methyl sites for hydroxylation is 1. The van der Waals surface area contributed by atoms with E-state index in [1.165, 1.54) is 5.56 Å². The van der Waals surface area contributed by atoms with Gasteiger partial charge in [-0.3, -0.25) is 9.59 Å². The molecule has 30 heavy (non-hydrogen) atoms. The highest BCUT2D eigenvalue weighted by molar-refractivity contribution is 5.79. The van der Waals surface area contributed by atoms with Crippen LogP contribution in [-0.2, 0) is 16.0 Å². The van der Waals surface area contributed by atoms with E-state index in [4.69, 9.17) is 9.47 Å². The van der Waals surface area contributed by atoms with E-state index in [-0.39, 0.29) is 18.4 Å². The molecular weight excluding hydrogens is 380 g/mol. The lowest BCUT2D eigenvalue weighted by Gasteiger charge is -2.22. The molecule has 2 aromatic rings. The maximum absolute atomic E-state index is 12.6. The summed E-state index contributed by atoms with van der Waals surface area (Å²) >= 11 is 0. The van der Waals surface area contributed by atoms with Crippen LogP contribution in [0.25, 0.3) is 0 Å². The van der Waals surface area contributed by atoms with E-state index in [2.05, 4.69) is 0 Å². The Morgan fingerprint density at radius 2 is 1.40 bits per heavy atom. The number of carbonyl (C=O) groups excluding carboxylic acids is 2. The minimum atomic E-state index is -0.0695. The zero-order valence-corrected chi connectivity index (χ0v) is 17.6. The van der Waals surface area contributed by atoms with Gasteiger partial charge in [0, 0.05) is 32.6 Å². The Bertz CT molecular complexity index is 825. The monoisotopic (exact) mass is 410 g/mol. The zero-order chi connectivity index (χ0) is 21.2. The molecule has 6 nitrogen and oxygen atoms in total. The van der Waals surface area contributed by atoms with Gasteiger partial charge in [-0.1, -0.05) is 42.5 Å². The summed E-state index contributed by atoms with van der Waals surface area (Å²) in [5.41, 5.74) is 1.17. The first kappa shape index (κ1) is 21.7. The molecule has 0 bridgehead atoms. The molecule has 160 valence electrons. The Hall–Kier alpha value is -3.02. The number of nitrogens with zero attached hydrogens (tertiary/aromatic N) is 2. The van der Waals surface area contributed by atoms with E-state index < -0.39 is 0 Å². The quantitative estimate of drug-likeness (QED) is 0.671. The number of carbonyl (C=O) groups is 2. The van der Waals surface area contributed by atoms with E-state index in [9.17, 15) is 9.59 Å². The third-order valence-electron chi connectivity index (χ3n) is 5.17. The molecule has 0 unspecified atom stereocenters. The molecule has 1 saturated heterocycles. The van der Waals surface area contributed by atoms with Crippen LogP contribution in [0.3, 0.4) is 0 Å². The van der Waals surface area contributed by atoms with E-state index >= 15 is 0 Å². The third-order valence-corrected chi connectivity index (χ3v) is 5.17. The predicted molar refractivity (Wildman–Crippen MR) is 116 cm³/mol. The van der Waals surface area contributed by atoms with Gasteiger partial charge in [-0.15, -0.1) is 0 Å². The lowest BCUT2D eigenvalue weighted by atomic mass is 10.1. The van der Waals surface area contributed by atoms with Crippen molar-refractivity contribution >= 4 is 11.8 Å². The summed E-state index contributed by atoms with van der Waals surface area (Å²) in [5, 5.41) is 0. The number of amides is 2. The molecule has 6 heteroatoms. The summed E-state index contributed by atoms with van der Waals surface area (Å²) < 4.78 is 11.2. The summed E-state index contributed by atoms with van der Waals surface area (Å²) in [6.07, 6.45) is 2.01. The maximum atomic E-state index is 12.6. The van der Waals surface area contributed by atoms with E-state index in [0.29, 0.717) is 50.7 Å². The van der Waals surface area contributed by atoms with Crippen LogP contribution in [0.4, 0.5) is 0 Å². The fraction of sp³-hybridized carbons (Fsp3) is 0.417. The van der Waals surface area contributed by atoms with Crippen molar-refractivity contribution in [2.45, 2.75) is 26.2 Å². The highest BCUT2D eigenvalue weighted by Gasteiger charge is 2.22. The lowest BCUT2D eigenvalue weighted by Crippen LogP contribution is -2.39. The predicted octanol–water partition coefficient (Wildman–Crippen LogP) is 3.16. The second kappa shape index (κ2) is 11.2. The normalized spacial score (nSPS) is 14.2. The Labute approximate surface area is 178 Å².